The number of hydrogen-bond donors (Lipinski definition) is 2. The van der Waals surface area contributed by atoms with Crippen LogP contribution < -0.4 is 11.1 Å². The summed E-state index contributed by atoms with van der Waals surface area (Å²) in [7, 11) is 0. The van der Waals surface area contributed by atoms with Gasteiger partial charge < -0.3 is 11.1 Å². The molecule has 0 heterocycles. The molecule has 1 saturated carbocycles. The van der Waals surface area contributed by atoms with Gasteiger partial charge >= 0.3 is 6.18 Å². The Bertz CT molecular complexity index is 868. The van der Waals surface area contributed by atoms with Crippen molar-refractivity contribution >= 4 is 11.6 Å². The Kier molecular flexibility index (Phi) is 14.0. The van der Waals surface area contributed by atoms with Crippen molar-refractivity contribution in [2.45, 2.75) is 78.9 Å². The summed E-state index contributed by atoms with van der Waals surface area (Å²) in [5, 5.41) is 3.89. The lowest BCUT2D eigenvalue weighted by Gasteiger charge is -2.37. The van der Waals surface area contributed by atoms with Gasteiger partial charge in [-0.05, 0) is 81.4 Å². The van der Waals surface area contributed by atoms with E-state index < -0.39 is 23.1 Å². The topological polar surface area (TPSA) is 38.0 Å². The van der Waals surface area contributed by atoms with Crippen molar-refractivity contribution in [3.8, 4) is 0 Å². The SMILES string of the molecule is C/C=C\C(Cl)=C/N.C=C(N[C@@](C)(/C(=C/C)CCC)c1cc(F)cc(C(F)(F)F)c1)C1CC1.CC. The molecule has 7 heteroatoms. The molecule has 0 radical (unpaired) electrons. The van der Waals surface area contributed by atoms with Crippen molar-refractivity contribution in [1.82, 2.24) is 5.32 Å². The molecule has 0 unspecified atom stereocenters. The standard InChI is InChI=1S/C20H25F4N.C5H8ClN.C2H6/c1-5-7-15(6-2)19(4,25-13(3)14-8-9-14)16-10-17(20(22,23)24)12-18(21)11-16;1-2-3-5(6)4-7;1-2/h6,10-12,14,25H,3,5,7-9H2,1-2,4H3;2-4H,7H2,1H3;1-2H3/b15-6+;3-2-,5-4+;/t19-;;/m0../s1. The van der Waals surface area contributed by atoms with E-state index in [4.69, 9.17) is 17.3 Å². The molecule has 0 saturated heterocycles. The highest BCUT2D eigenvalue weighted by Gasteiger charge is 2.38. The van der Waals surface area contributed by atoms with Gasteiger partial charge in [-0.25, -0.2) is 4.39 Å². The van der Waals surface area contributed by atoms with Gasteiger partial charge in [0.25, 0.3) is 0 Å². The van der Waals surface area contributed by atoms with Gasteiger partial charge in [0.2, 0.25) is 0 Å². The maximum atomic E-state index is 14.0. The summed E-state index contributed by atoms with van der Waals surface area (Å²) in [6.07, 6.45) is 5.80. The lowest BCUT2D eigenvalue weighted by atomic mass is 9.80. The first-order chi connectivity index (χ1) is 15.9. The third kappa shape index (κ3) is 9.96. The van der Waals surface area contributed by atoms with E-state index in [2.05, 4.69) is 11.9 Å². The van der Waals surface area contributed by atoms with E-state index in [-0.39, 0.29) is 5.56 Å². The van der Waals surface area contributed by atoms with Crippen LogP contribution in [0.5, 0.6) is 0 Å². The summed E-state index contributed by atoms with van der Waals surface area (Å²) in [6.45, 7) is 15.6. The van der Waals surface area contributed by atoms with Gasteiger partial charge in [-0.3, -0.25) is 0 Å². The lowest BCUT2D eigenvalue weighted by molar-refractivity contribution is -0.137. The van der Waals surface area contributed by atoms with Gasteiger partial charge in [0.05, 0.1) is 16.1 Å². The third-order valence-electron chi connectivity index (χ3n) is 5.28. The van der Waals surface area contributed by atoms with Crippen LogP contribution in [0.3, 0.4) is 0 Å². The summed E-state index contributed by atoms with van der Waals surface area (Å²) in [6, 6.07) is 2.76. The summed E-state index contributed by atoms with van der Waals surface area (Å²) >= 11 is 5.41. The van der Waals surface area contributed by atoms with Crippen LogP contribution in [0.1, 0.15) is 78.4 Å². The van der Waals surface area contributed by atoms with Crippen LogP contribution in [0, 0.1) is 11.7 Å². The zero-order valence-corrected chi connectivity index (χ0v) is 21.9. The van der Waals surface area contributed by atoms with Crippen LogP contribution in [0.2, 0.25) is 0 Å². The second kappa shape index (κ2) is 14.9. The molecule has 0 bridgehead atoms. The minimum absolute atomic E-state index is 0.267. The van der Waals surface area contributed by atoms with Gasteiger partial charge in [-0.2, -0.15) is 13.2 Å². The summed E-state index contributed by atoms with van der Waals surface area (Å²) in [4.78, 5) is 0. The number of allylic oxidation sites excluding steroid dienone is 5. The van der Waals surface area contributed by atoms with E-state index in [1.54, 1.807) is 13.0 Å². The van der Waals surface area contributed by atoms with Gasteiger partial charge in [0, 0.05) is 11.9 Å². The number of rotatable bonds is 8. The summed E-state index contributed by atoms with van der Waals surface area (Å²) < 4.78 is 53.4. The van der Waals surface area contributed by atoms with Crippen molar-refractivity contribution in [3.05, 3.63) is 82.5 Å². The largest absolute Gasteiger partial charge is 0.416 e. The van der Waals surface area contributed by atoms with E-state index in [1.807, 2.05) is 46.8 Å². The van der Waals surface area contributed by atoms with Crippen LogP contribution in [-0.4, -0.2) is 0 Å². The van der Waals surface area contributed by atoms with E-state index in [9.17, 15) is 17.6 Å². The first-order valence-corrected chi connectivity index (χ1v) is 12.0. The number of nitrogens with two attached hydrogens (primary N) is 1. The molecule has 1 atom stereocenters. The van der Waals surface area contributed by atoms with Gasteiger partial charge in [-0.1, -0.05) is 57.5 Å². The maximum absolute atomic E-state index is 14.0. The molecule has 0 spiro atoms. The molecule has 34 heavy (non-hydrogen) atoms. The fourth-order valence-corrected chi connectivity index (χ4v) is 3.53. The third-order valence-corrected chi connectivity index (χ3v) is 5.53. The normalized spacial score (nSPS) is 16.1. The predicted octanol–water partition coefficient (Wildman–Crippen LogP) is 8.95. The van der Waals surface area contributed by atoms with E-state index in [0.717, 1.165) is 36.6 Å². The Morgan fingerprint density at radius 1 is 1.18 bits per heavy atom. The Hall–Kier alpha value is -2.21. The Balaban J connectivity index is 0.00000104. The van der Waals surface area contributed by atoms with Crippen LogP contribution in [0.15, 0.2) is 65.5 Å². The molecule has 1 aromatic rings. The van der Waals surface area contributed by atoms with Crippen molar-refractivity contribution < 1.29 is 17.6 Å². The van der Waals surface area contributed by atoms with Gasteiger partial charge in [0.1, 0.15) is 5.82 Å². The quantitative estimate of drug-likeness (QED) is 0.211. The number of alkyl halides is 3. The Morgan fingerprint density at radius 2 is 1.74 bits per heavy atom. The molecule has 0 amide bonds. The highest BCUT2D eigenvalue weighted by atomic mass is 35.5. The maximum Gasteiger partial charge on any atom is 0.416 e. The average Bonchev–Trinajstić information content (AvgIpc) is 3.64. The minimum atomic E-state index is -4.59. The van der Waals surface area contributed by atoms with Gasteiger partial charge in [-0.15, -0.1) is 0 Å². The second-order valence-electron chi connectivity index (χ2n) is 7.89. The number of hydrogen-bond acceptors (Lipinski definition) is 2. The molecule has 2 nitrogen and oxygen atoms in total. The highest BCUT2D eigenvalue weighted by molar-refractivity contribution is 6.31. The molecule has 1 aromatic carbocycles. The van der Waals surface area contributed by atoms with Gasteiger partial charge in [0.15, 0.2) is 0 Å². The zero-order valence-electron chi connectivity index (χ0n) is 21.1. The Morgan fingerprint density at radius 3 is 2.12 bits per heavy atom. The monoisotopic (exact) mass is 502 g/mol. The highest BCUT2D eigenvalue weighted by Crippen LogP contribution is 2.41. The smallest absolute Gasteiger partial charge is 0.403 e. The molecule has 2 rings (SSSR count). The van der Waals surface area contributed by atoms with Crippen LogP contribution in [-0.2, 0) is 11.7 Å². The molecule has 1 aliphatic rings. The molecular formula is C27H39ClF4N2. The van der Waals surface area contributed by atoms with E-state index in [0.29, 0.717) is 23.4 Å². The van der Waals surface area contributed by atoms with Crippen LogP contribution in [0.25, 0.3) is 0 Å². The van der Waals surface area contributed by atoms with E-state index in [1.165, 1.54) is 12.3 Å². The molecule has 0 aromatic heterocycles. The number of benzene rings is 1. The molecule has 192 valence electrons. The second-order valence-corrected chi connectivity index (χ2v) is 8.33. The Labute approximate surface area is 207 Å². The zero-order chi connectivity index (χ0) is 26.5. The molecular weight excluding hydrogens is 464 g/mol. The van der Waals surface area contributed by atoms with Crippen LogP contribution in [0.4, 0.5) is 17.6 Å². The first-order valence-electron chi connectivity index (χ1n) is 11.6. The summed E-state index contributed by atoms with van der Waals surface area (Å²) in [5.41, 5.74) is 5.11. The van der Waals surface area contributed by atoms with Crippen LogP contribution >= 0.6 is 11.6 Å². The predicted molar refractivity (Wildman–Crippen MR) is 137 cm³/mol. The van der Waals surface area contributed by atoms with E-state index >= 15 is 0 Å². The fraction of sp³-hybridized carbons (Fsp3) is 0.481. The first kappa shape index (κ1) is 31.8. The molecule has 0 aliphatic heterocycles. The van der Waals surface area contributed by atoms with Crippen molar-refractivity contribution in [2.24, 2.45) is 11.7 Å². The van der Waals surface area contributed by atoms with Crippen molar-refractivity contribution in [3.63, 3.8) is 0 Å². The van der Waals surface area contributed by atoms with Crippen molar-refractivity contribution in [1.29, 1.82) is 0 Å². The molecule has 1 fully saturated rings. The lowest BCUT2D eigenvalue weighted by Crippen LogP contribution is -2.41. The molecule has 1 aliphatic carbocycles. The molecule has 3 N–H and O–H groups in total. The van der Waals surface area contributed by atoms with Crippen molar-refractivity contribution in [2.75, 3.05) is 0 Å². The fourth-order valence-electron chi connectivity index (χ4n) is 3.40. The average molecular weight is 503 g/mol. The number of halogens is 5. The number of nitrogens with one attached hydrogen (secondary N) is 1. The summed E-state index contributed by atoms with van der Waals surface area (Å²) in [5.74, 6) is -0.545. The minimum Gasteiger partial charge on any atom is -0.403 e.